The number of carbonyl (C=O) groups excluding carboxylic acids is 1. The van der Waals surface area contributed by atoms with Crippen molar-refractivity contribution in [2.75, 3.05) is 19.6 Å². The number of carbonyl (C=O) groups is 1. The third kappa shape index (κ3) is 3.51. The molecule has 0 spiro atoms. The normalized spacial score (nSPS) is 23.3. The van der Waals surface area contributed by atoms with E-state index in [1.54, 1.807) is 0 Å². The third-order valence-electron chi connectivity index (χ3n) is 2.75. The van der Waals surface area contributed by atoms with Gasteiger partial charge in [-0.2, -0.15) is 0 Å². The Labute approximate surface area is 101 Å². The Morgan fingerprint density at radius 1 is 1.47 bits per heavy atom. The van der Waals surface area contributed by atoms with Crippen molar-refractivity contribution in [2.45, 2.75) is 31.1 Å². The smallest absolute Gasteiger partial charge is 0.256 e. The monoisotopic (exact) mass is 252 g/mol. The van der Waals surface area contributed by atoms with E-state index in [9.17, 15) is 4.79 Å². The molecule has 1 N–H and O–H groups in total. The molecule has 1 aliphatic rings. The van der Waals surface area contributed by atoms with Gasteiger partial charge >= 0.3 is 0 Å². The van der Waals surface area contributed by atoms with Crippen molar-refractivity contribution in [1.29, 1.82) is 0 Å². The molecule has 1 fully saturated rings. The molecular formula is C10H18Cl2N2O. The molecule has 1 aliphatic heterocycles. The second-order valence-corrected chi connectivity index (χ2v) is 5.30. The van der Waals surface area contributed by atoms with Crippen LogP contribution in [0.2, 0.25) is 0 Å². The highest BCUT2D eigenvalue weighted by Crippen LogP contribution is 2.17. The number of halogens is 2. The van der Waals surface area contributed by atoms with E-state index in [1.165, 1.54) is 0 Å². The molecule has 0 saturated carbocycles. The van der Waals surface area contributed by atoms with Gasteiger partial charge < -0.3 is 10.2 Å². The zero-order valence-corrected chi connectivity index (χ0v) is 10.7. The summed E-state index contributed by atoms with van der Waals surface area (Å²) in [7, 11) is 0. The molecular weight excluding hydrogens is 235 g/mol. The van der Waals surface area contributed by atoms with Crippen LogP contribution in [0.5, 0.6) is 0 Å². The molecule has 88 valence electrons. The summed E-state index contributed by atoms with van der Waals surface area (Å²) in [5, 5.41) is 3.32. The Morgan fingerprint density at radius 3 is 2.67 bits per heavy atom. The highest BCUT2D eigenvalue weighted by Gasteiger charge is 2.30. The molecule has 15 heavy (non-hydrogen) atoms. The molecule has 0 aromatic rings. The fraction of sp³-hybridized carbons (Fsp3) is 0.900. The van der Waals surface area contributed by atoms with Gasteiger partial charge in [-0.25, -0.2) is 0 Å². The van der Waals surface area contributed by atoms with Crippen LogP contribution < -0.4 is 5.32 Å². The molecule has 1 saturated heterocycles. The number of alkyl halides is 2. The van der Waals surface area contributed by atoms with Crippen LogP contribution in [0.15, 0.2) is 0 Å². The van der Waals surface area contributed by atoms with Crippen LogP contribution in [0.25, 0.3) is 0 Å². The van der Waals surface area contributed by atoms with Crippen molar-refractivity contribution in [1.82, 2.24) is 10.2 Å². The third-order valence-corrected chi connectivity index (χ3v) is 3.12. The summed E-state index contributed by atoms with van der Waals surface area (Å²) in [6.45, 7) is 6.72. The Bertz CT molecular complexity index is 221. The predicted octanol–water partition coefficient (Wildman–Crippen LogP) is 1.64. The molecule has 0 radical (unpaired) electrons. The molecule has 5 heteroatoms. The fourth-order valence-electron chi connectivity index (χ4n) is 1.89. The van der Waals surface area contributed by atoms with Gasteiger partial charge in [0.25, 0.3) is 5.91 Å². The van der Waals surface area contributed by atoms with Gasteiger partial charge in [-0.1, -0.05) is 37.0 Å². The van der Waals surface area contributed by atoms with Gasteiger partial charge in [0.05, 0.1) is 0 Å². The maximum Gasteiger partial charge on any atom is 0.256 e. The highest BCUT2D eigenvalue weighted by molar-refractivity contribution is 6.53. The predicted molar refractivity (Wildman–Crippen MR) is 63.3 cm³/mol. The first kappa shape index (κ1) is 13.1. The first-order valence-corrected chi connectivity index (χ1v) is 6.20. The first-order chi connectivity index (χ1) is 7.04. The highest BCUT2D eigenvalue weighted by atomic mass is 35.5. The molecule has 0 aromatic carbocycles. The molecule has 1 rings (SSSR count). The molecule has 0 bridgehead atoms. The minimum absolute atomic E-state index is 0.166. The van der Waals surface area contributed by atoms with Crippen molar-refractivity contribution >= 4 is 29.1 Å². The number of amides is 1. The Morgan fingerprint density at radius 2 is 2.13 bits per heavy atom. The maximum absolute atomic E-state index is 11.8. The number of nitrogens with zero attached hydrogens (tertiary/aromatic N) is 1. The van der Waals surface area contributed by atoms with Crippen LogP contribution in [-0.4, -0.2) is 41.3 Å². The van der Waals surface area contributed by atoms with Crippen molar-refractivity contribution in [3.05, 3.63) is 0 Å². The lowest BCUT2D eigenvalue weighted by Crippen LogP contribution is -2.48. The van der Waals surface area contributed by atoms with Crippen molar-refractivity contribution in [3.63, 3.8) is 0 Å². The summed E-state index contributed by atoms with van der Waals surface area (Å²) in [5.74, 6) is 0.243. The van der Waals surface area contributed by atoms with E-state index >= 15 is 0 Å². The van der Waals surface area contributed by atoms with Gasteiger partial charge in [-0.15, -0.1) is 0 Å². The number of nitrogens with one attached hydrogen (secondary N) is 1. The van der Waals surface area contributed by atoms with Gasteiger partial charge in [0.15, 0.2) is 4.84 Å². The van der Waals surface area contributed by atoms with Gasteiger partial charge in [0.2, 0.25) is 0 Å². The molecule has 3 nitrogen and oxygen atoms in total. The average molecular weight is 253 g/mol. The van der Waals surface area contributed by atoms with Crippen LogP contribution in [0.3, 0.4) is 0 Å². The van der Waals surface area contributed by atoms with Crippen molar-refractivity contribution in [2.24, 2.45) is 5.92 Å². The van der Waals surface area contributed by atoms with Gasteiger partial charge in [-0.3, -0.25) is 4.79 Å². The quantitative estimate of drug-likeness (QED) is 0.759. The number of hydrogen-bond donors (Lipinski definition) is 1. The van der Waals surface area contributed by atoms with Crippen LogP contribution in [0.4, 0.5) is 0 Å². The Hall–Kier alpha value is 0.01000. The second-order valence-electron chi connectivity index (χ2n) is 4.20. The zero-order chi connectivity index (χ0) is 11.4. The minimum atomic E-state index is -0.940. The van der Waals surface area contributed by atoms with Crippen LogP contribution in [-0.2, 0) is 4.79 Å². The van der Waals surface area contributed by atoms with E-state index in [0.717, 1.165) is 26.1 Å². The summed E-state index contributed by atoms with van der Waals surface area (Å²) in [6, 6.07) is 0.194. The molecule has 0 aliphatic carbocycles. The zero-order valence-electron chi connectivity index (χ0n) is 9.17. The molecule has 0 aromatic heterocycles. The SMILES string of the molecule is CC(C)C1CNCCCN1C(=O)C(Cl)Cl. The lowest BCUT2D eigenvalue weighted by Gasteiger charge is -2.33. The average Bonchev–Trinajstić information content (AvgIpc) is 2.40. The van der Waals surface area contributed by atoms with E-state index in [1.807, 2.05) is 4.90 Å². The topological polar surface area (TPSA) is 32.3 Å². The minimum Gasteiger partial charge on any atom is -0.336 e. The first-order valence-electron chi connectivity index (χ1n) is 5.33. The van der Waals surface area contributed by atoms with Crippen molar-refractivity contribution in [3.8, 4) is 0 Å². The summed E-state index contributed by atoms with van der Waals surface area (Å²) in [6.07, 6.45) is 0.954. The van der Waals surface area contributed by atoms with Gasteiger partial charge in [-0.05, 0) is 18.9 Å². The Kier molecular flexibility index (Phi) is 5.16. The van der Waals surface area contributed by atoms with E-state index in [-0.39, 0.29) is 11.9 Å². The van der Waals surface area contributed by atoms with Crippen LogP contribution >= 0.6 is 23.2 Å². The summed E-state index contributed by atoms with van der Waals surface area (Å²) >= 11 is 11.3. The molecule has 1 amide bonds. The van der Waals surface area contributed by atoms with Crippen LogP contribution in [0, 0.1) is 5.92 Å². The van der Waals surface area contributed by atoms with Crippen molar-refractivity contribution < 1.29 is 4.79 Å². The standard InChI is InChI=1S/C10H18Cl2N2O/c1-7(2)8-6-13-4-3-5-14(8)10(15)9(11)12/h7-9,13H,3-6H2,1-2H3. The fourth-order valence-corrected chi connectivity index (χ4v) is 2.15. The second kappa shape index (κ2) is 5.92. The van der Waals surface area contributed by atoms with E-state index in [4.69, 9.17) is 23.2 Å². The number of hydrogen-bond acceptors (Lipinski definition) is 2. The number of rotatable bonds is 2. The van der Waals surface area contributed by atoms with Gasteiger partial charge in [0, 0.05) is 19.1 Å². The molecule has 1 atom stereocenters. The molecule has 1 unspecified atom stereocenters. The Balaban J connectivity index is 2.74. The summed E-state index contributed by atoms with van der Waals surface area (Å²) in [4.78, 5) is 12.7. The van der Waals surface area contributed by atoms with Crippen LogP contribution in [0.1, 0.15) is 20.3 Å². The lowest BCUT2D eigenvalue weighted by atomic mass is 10.0. The summed E-state index contributed by atoms with van der Waals surface area (Å²) < 4.78 is 0. The van der Waals surface area contributed by atoms with E-state index < -0.39 is 4.84 Å². The van der Waals surface area contributed by atoms with E-state index in [0.29, 0.717) is 5.92 Å². The maximum atomic E-state index is 11.8. The van der Waals surface area contributed by atoms with Gasteiger partial charge in [0.1, 0.15) is 0 Å². The van der Waals surface area contributed by atoms with E-state index in [2.05, 4.69) is 19.2 Å². The molecule has 1 heterocycles. The lowest BCUT2D eigenvalue weighted by molar-refractivity contribution is -0.132. The summed E-state index contributed by atoms with van der Waals surface area (Å²) in [5.41, 5.74) is 0. The largest absolute Gasteiger partial charge is 0.336 e.